The van der Waals surface area contributed by atoms with Gasteiger partial charge in [-0.15, -0.1) is 23.1 Å². The smallest absolute Gasteiger partial charge is 0.0608 e. The van der Waals surface area contributed by atoms with Crippen LogP contribution in [-0.4, -0.2) is 6.26 Å². The Morgan fingerprint density at radius 1 is 1.36 bits per heavy atom. The zero-order valence-corrected chi connectivity index (χ0v) is 10.4. The summed E-state index contributed by atoms with van der Waals surface area (Å²) in [5.74, 6) is 0. The van der Waals surface area contributed by atoms with Crippen LogP contribution in [0.15, 0.2) is 22.4 Å². The lowest BCUT2D eigenvalue weighted by molar-refractivity contribution is 1.13. The van der Waals surface area contributed by atoms with Crippen molar-refractivity contribution < 1.29 is 0 Å². The van der Waals surface area contributed by atoms with Gasteiger partial charge in [0.1, 0.15) is 0 Å². The Kier molecular flexibility index (Phi) is 2.84. The number of rotatable bonds is 2. The van der Waals surface area contributed by atoms with E-state index in [0.717, 1.165) is 6.42 Å². The van der Waals surface area contributed by atoms with Crippen LogP contribution in [0.4, 0.5) is 0 Å². The molecule has 1 aromatic heterocycles. The van der Waals surface area contributed by atoms with Gasteiger partial charge in [-0.2, -0.15) is 0 Å². The summed E-state index contributed by atoms with van der Waals surface area (Å²) in [6.07, 6.45) is 3.27. The van der Waals surface area contributed by atoms with Crippen LogP contribution in [-0.2, 0) is 6.42 Å². The van der Waals surface area contributed by atoms with E-state index >= 15 is 0 Å². The minimum absolute atomic E-state index is 1.13. The van der Waals surface area contributed by atoms with Gasteiger partial charge < -0.3 is 0 Å². The number of fused-ring (bicyclic) bond motifs is 1. The highest BCUT2D eigenvalue weighted by Gasteiger charge is 2.06. The van der Waals surface area contributed by atoms with E-state index < -0.39 is 0 Å². The lowest BCUT2D eigenvalue weighted by Gasteiger charge is -2.03. The lowest BCUT2D eigenvalue weighted by Crippen LogP contribution is -1.85. The molecule has 1 heterocycles. The Bertz CT molecular complexity index is 455. The fraction of sp³-hybridized carbons (Fsp3) is 0.333. The Hall–Kier alpha value is -0.470. The molecular weight excluding hydrogens is 208 g/mol. The average molecular weight is 222 g/mol. The van der Waals surface area contributed by atoms with Crippen molar-refractivity contribution in [3.05, 3.63) is 29.3 Å². The Morgan fingerprint density at radius 2 is 2.14 bits per heavy atom. The van der Waals surface area contributed by atoms with Gasteiger partial charge >= 0.3 is 0 Å². The Balaban J connectivity index is 2.73. The fourth-order valence-electron chi connectivity index (χ4n) is 1.83. The zero-order valence-electron chi connectivity index (χ0n) is 8.76. The number of thioether (sulfide) groups is 1. The Morgan fingerprint density at radius 3 is 2.79 bits per heavy atom. The summed E-state index contributed by atoms with van der Waals surface area (Å²) < 4.78 is 2.84. The van der Waals surface area contributed by atoms with Crippen molar-refractivity contribution in [3.63, 3.8) is 0 Å². The fourth-order valence-corrected chi connectivity index (χ4v) is 3.49. The number of hydrogen-bond acceptors (Lipinski definition) is 2. The largest absolute Gasteiger partial charge is 0.129 e. The minimum atomic E-state index is 1.13. The van der Waals surface area contributed by atoms with Gasteiger partial charge in [0.2, 0.25) is 0 Å². The third-order valence-corrected chi connectivity index (χ3v) is 4.74. The summed E-state index contributed by atoms with van der Waals surface area (Å²) in [6.45, 7) is 4.44. The highest BCUT2D eigenvalue weighted by Crippen LogP contribution is 2.34. The quantitative estimate of drug-likeness (QED) is 0.674. The number of thiophene rings is 1. The van der Waals surface area contributed by atoms with Gasteiger partial charge in [0.15, 0.2) is 0 Å². The van der Waals surface area contributed by atoms with Gasteiger partial charge in [-0.3, -0.25) is 0 Å². The molecule has 0 radical (unpaired) electrons. The van der Waals surface area contributed by atoms with Crippen molar-refractivity contribution in [1.82, 2.24) is 0 Å². The lowest BCUT2D eigenvalue weighted by atomic mass is 10.0. The highest BCUT2D eigenvalue weighted by atomic mass is 32.2. The molecule has 0 bridgehead atoms. The average Bonchev–Trinajstić information content (AvgIpc) is 2.60. The minimum Gasteiger partial charge on any atom is -0.129 e. The van der Waals surface area contributed by atoms with Gasteiger partial charge in [-0.05, 0) is 48.2 Å². The summed E-state index contributed by atoms with van der Waals surface area (Å²) in [5, 5.41) is 1.46. The maximum atomic E-state index is 2.33. The first kappa shape index (κ1) is 10.1. The van der Waals surface area contributed by atoms with Gasteiger partial charge in [-0.25, -0.2) is 0 Å². The standard InChI is InChI=1S/C12H14S2/c1-4-9-8(2)5-6-11-10(9)7-12(13-3)14-11/h5-7H,4H2,1-3H3. The molecule has 0 unspecified atom stereocenters. The molecule has 0 aliphatic carbocycles. The van der Waals surface area contributed by atoms with E-state index in [9.17, 15) is 0 Å². The molecule has 14 heavy (non-hydrogen) atoms. The van der Waals surface area contributed by atoms with Crippen molar-refractivity contribution in [1.29, 1.82) is 0 Å². The normalized spacial score (nSPS) is 11.1. The maximum Gasteiger partial charge on any atom is 0.0608 e. The molecule has 0 saturated heterocycles. The van der Waals surface area contributed by atoms with E-state index in [1.54, 1.807) is 0 Å². The van der Waals surface area contributed by atoms with E-state index in [1.807, 2.05) is 23.1 Å². The molecule has 0 saturated carbocycles. The molecule has 2 aromatic rings. The first-order valence-corrected chi connectivity index (χ1v) is 6.86. The third-order valence-electron chi connectivity index (χ3n) is 2.58. The number of hydrogen-bond donors (Lipinski definition) is 0. The first-order valence-electron chi connectivity index (χ1n) is 4.82. The molecule has 0 N–H and O–H groups in total. The van der Waals surface area contributed by atoms with Crippen LogP contribution in [0.25, 0.3) is 10.1 Å². The van der Waals surface area contributed by atoms with Crippen molar-refractivity contribution in [2.75, 3.05) is 6.26 Å². The maximum absolute atomic E-state index is 2.33. The molecule has 2 rings (SSSR count). The third kappa shape index (κ3) is 1.57. The van der Waals surface area contributed by atoms with Crippen molar-refractivity contribution in [2.24, 2.45) is 0 Å². The molecule has 0 atom stereocenters. The first-order chi connectivity index (χ1) is 6.76. The number of aryl methyl sites for hydroxylation is 2. The van der Waals surface area contributed by atoms with Crippen LogP contribution >= 0.6 is 23.1 Å². The monoisotopic (exact) mass is 222 g/mol. The van der Waals surface area contributed by atoms with Crippen LogP contribution in [0.2, 0.25) is 0 Å². The van der Waals surface area contributed by atoms with Crippen molar-refractivity contribution in [3.8, 4) is 0 Å². The summed E-state index contributed by atoms with van der Waals surface area (Å²) in [7, 11) is 0. The molecule has 1 aromatic carbocycles. The SMILES string of the molecule is CCc1c(C)ccc2sc(SC)cc12. The van der Waals surface area contributed by atoms with Crippen LogP contribution < -0.4 is 0 Å². The van der Waals surface area contributed by atoms with Gasteiger partial charge in [0, 0.05) is 4.70 Å². The van der Waals surface area contributed by atoms with Crippen LogP contribution in [0.3, 0.4) is 0 Å². The second-order valence-corrected chi connectivity index (χ2v) is 5.59. The summed E-state index contributed by atoms with van der Waals surface area (Å²) in [5.41, 5.74) is 2.93. The molecule has 0 aliphatic rings. The molecule has 0 amide bonds. The highest BCUT2D eigenvalue weighted by molar-refractivity contribution is 8.00. The predicted octanol–water partition coefficient (Wildman–Crippen LogP) is 4.49. The van der Waals surface area contributed by atoms with Crippen molar-refractivity contribution in [2.45, 2.75) is 24.5 Å². The van der Waals surface area contributed by atoms with Gasteiger partial charge in [-0.1, -0.05) is 13.0 Å². The second-order valence-electron chi connectivity index (χ2n) is 3.40. The van der Waals surface area contributed by atoms with Crippen LogP contribution in [0.5, 0.6) is 0 Å². The summed E-state index contributed by atoms with van der Waals surface area (Å²) >= 11 is 3.74. The zero-order chi connectivity index (χ0) is 10.1. The summed E-state index contributed by atoms with van der Waals surface area (Å²) in [6, 6.07) is 6.81. The van der Waals surface area contributed by atoms with E-state index in [1.165, 1.54) is 25.4 Å². The van der Waals surface area contributed by atoms with Crippen LogP contribution in [0, 0.1) is 6.92 Å². The van der Waals surface area contributed by atoms with E-state index in [4.69, 9.17) is 0 Å². The van der Waals surface area contributed by atoms with Gasteiger partial charge in [0.05, 0.1) is 4.21 Å². The Labute approximate surface area is 93.3 Å². The molecule has 0 spiro atoms. The second kappa shape index (κ2) is 3.95. The predicted molar refractivity (Wildman–Crippen MR) is 67.7 cm³/mol. The summed E-state index contributed by atoms with van der Waals surface area (Å²) in [4.78, 5) is 0. The van der Waals surface area contributed by atoms with Crippen molar-refractivity contribution >= 4 is 33.2 Å². The van der Waals surface area contributed by atoms with E-state index in [0.29, 0.717) is 0 Å². The molecule has 2 heteroatoms. The topological polar surface area (TPSA) is 0 Å². The van der Waals surface area contributed by atoms with Crippen LogP contribution in [0.1, 0.15) is 18.1 Å². The number of benzene rings is 1. The molecule has 0 aliphatic heterocycles. The van der Waals surface area contributed by atoms with E-state index in [2.05, 4.69) is 38.3 Å². The molecular formula is C12H14S2. The molecule has 0 fully saturated rings. The van der Waals surface area contributed by atoms with Gasteiger partial charge in [0.25, 0.3) is 0 Å². The van der Waals surface area contributed by atoms with E-state index in [-0.39, 0.29) is 0 Å². The molecule has 74 valence electrons. The molecule has 0 nitrogen and oxygen atoms in total.